The first kappa shape index (κ1) is 27.2. The van der Waals surface area contributed by atoms with Crippen LogP contribution in [0.15, 0.2) is 36.5 Å². The highest BCUT2D eigenvalue weighted by Crippen LogP contribution is 2.38. The normalized spacial score (nSPS) is 18.0. The van der Waals surface area contributed by atoms with Crippen LogP contribution in [0.5, 0.6) is 5.75 Å². The van der Waals surface area contributed by atoms with Crippen LogP contribution in [0.4, 0.5) is 10.5 Å². The number of nitrogens with one attached hydrogen (secondary N) is 1. The highest BCUT2D eigenvalue weighted by atomic mass is 35.5. The molecule has 7 nitrogen and oxygen atoms in total. The molecule has 37 heavy (non-hydrogen) atoms. The lowest BCUT2D eigenvalue weighted by Gasteiger charge is -2.29. The predicted molar refractivity (Wildman–Crippen MR) is 147 cm³/mol. The van der Waals surface area contributed by atoms with Crippen molar-refractivity contribution in [2.45, 2.75) is 71.1 Å². The summed E-state index contributed by atoms with van der Waals surface area (Å²) >= 11 is 12.3. The van der Waals surface area contributed by atoms with Crippen molar-refractivity contribution in [1.82, 2.24) is 4.98 Å². The molecule has 9 heteroatoms. The van der Waals surface area contributed by atoms with E-state index in [4.69, 9.17) is 27.9 Å². The topological polar surface area (TPSA) is 105 Å². The maximum atomic E-state index is 12.5. The summed E-state index contributed by atoms with van der Waals surface area (Å²) < 4.78 is 5.44. The number of hydrogen-bond donors (Lipinski definition) is 3. The van der Waals surface area contributed by atoms with Crippen LogP contribution in [0.2, 0.25) is 10.0 Å². The Bertz CT molecular complexity index is 1320. The van der Waals surface area contributed by atoms with Gasteiger partial charge in [0.25, 0.3) is 0 Å². The SMILES string of the molecule is CC(=O)c1cnc2ccc(-c3cc(Cl)c(O)c(Cl)c3)cc2c1NC1CCC([NH2+]C(=O)OC(C)(C)C)CC1. The lowest BCUT2D eigenvalue weighted by atomic mass is 9.90. The number of carbonyl (C=O) groups excluding carboxylic acids is 2. The first-order valence-corrected chi connectivity index (χ1v) is 13.1. The van der Waals surface area contributed by atoms with E-state index in [0.717, 1.165) is 53.4 Å². The molecule has 0 atom stereocenters. The van der Waals surface area contributed by atoms with E-state index < -0.39 is 5.60 Å². The molecule has 0 spiro atoms. The number of aromatic hydroxyl groups is 1. The van der Waals surface area contributed by atoms with Crippen LogP contribution in [-0.4, -0.2) is 39.7 Å². The number of anilines is 1. The fraction of sp³-hybridized carbons (Fsp3) is 0.393. The van der Waals surface area contributed by atoms with Gasteiger partial charge in [-0.3, -0.25) is 9.78 Å². The minimum absolute atomic E-state index is 0.0787. The van der Waals surface area contributed by atoms with Gasteiger partial charge in [0.1, 0.15) is 5.60 Å². The highest BCUT2D eigenvalue weighted by Gasteiger charge is 2.29. The van der Waals surface area contributed by atoms with Gasteiger partial charge in [-0.05, 0) is 75.9 Å². The second-order valence-corrected chi connectivity index (χ2v) is 11.4. The van der Waals surface area contributed by atoms with Crippen LogP contribution in [0.3, 0.4) is 0 Å². The third-order valence-corrected chi connectivity index (χ3v) is 7.07. The molecular weight excluding hydrogens is 513 g/mol. The summed E-state index contributed by atoms with van der Waals surface area (Å²) in [5.41, 5.74) is 3.08. The number of pyridine rings is 1. The van der Waals surface area contributed by atoms with E-state index in [-0.39, 0.29) is 39.8 Å². The number of aromatic nitrogens is 1. The molecule has 1 amide bonds. The molecule has 1 aromatic heterocycles. The molecule has 1 heterocycles. The lowest BCUT2D eigenvalue weighted by molar-refractivity contribution is -0.613. The Balaban J connectivity index is 1.59. The van der Waals surface area contributed by atoms with E-state index in [0.29, 0.717) is 5.56 Å². The number of hydrogen-bond acceptors (Lipinski definition) is 6. The van der Waals surface area contributed by atoms with Gasteiger partial charge in [-0.1, -0.05) is 29.3 Å². The molecule has 1 saturated carbocycles. The van der Waals surface area contributed by atoms with Crippen LogP contribution in [0.25, 0.3) is 22.0 Å². The van der Waals surface area contributed by atoms with Gasteiger partial charge < -0.3 is 15.2 Å². The van der Waals surface area contributed by atoms with Crippen LogP contribution in [-0.2, 0) is 4.74 Å². The molecule has 3 aromatic rings. The Hall–Kier alpha value is -2.87. The number of phenolic OH excluding ortho intramolecular Hbond substituents is 1. The Morgan fingerprint density at radius 2 is 1.70 bits per heavy atom. The van der Waals surface area contributed by atoms with E-state index in [1.54, 1.807) is 23.6 Å². The fourth-order valence-corrected chi connectivity index (χ4v) is 5.18. The number of nitrogens with zero attached hydrogens (tertiary/aromatic N) is 1. The molecule has 1 aliphatic carbocycles. The number of nitrogens with two attached hydrogens (primary N) is 1. The molecule has 0 unspecified atom stereocenters. The first-order valence-electron chi connectivity index (χ1n) is 12.4. The Labute approximate surface area is 226 Å². The molecule has 0 aliphatic heterocycles. The number of fused-ring (bicyclic) bond motifs is 1. The number of ketones is 1. The van der Waals surface area contributed by atoms with Gasteiger partial charge in [-0.2, -0.15) is 4.79 Å². The van der Waals surface area contributed by atoms with E-state index in [1.165, 1.54) is 6.92 Å². The Morgan fingerprint density at radius 3 is 2.30 bits per heavy atom. The second-order valence-electron chi connectivity index (χ2n) is 10.6. The molecule has 0 saturated heterocycles. The molecule has 4 rings (SSSR count). The number of benzene rings is 2. The van der Waals surface area contributed by atoms with Gasteiger partial charge in [0.15, 0.2) is 11.5 Å². The van der Waals surface area contributed by atoms with Crippen molar-refractivity contribution < 1.29 is 24.7 Å². The van der Waals surface area contributed by atoms with Gasteiger partial charge in [-0.25, -0.2) is 5.32 Å². The Morgan fingerprint density at radius 1 is 1.05 bits per heavy atom. The molecule has 1 aliphatic rings. The van der Waals surface area contributed by atoms with Crippen molar-refractivity contribution in [1.29, 1.82) is 0 Å². The zero-order chi connectivity index (χ0) is 26.9. The van der Waals surface area contributed by atoms with Crippen LogP contribution < -0.4 is 10.6 Å². The smallest absolute Gasteiger partial charge is 0.505 e. The summed E-state index contributed by atoms with van der Waals surface area (Å²) in [6, 6.07) is 9.38. The third kappa shape index (κ3) is 6.53. The predicted octanol–water partition coefficient (Wildman–Crippen LogP) is 6.34. The molecule has 0 radical (unpaired) electrons. The lowest BCUT2D eigenvalue weighted by Crippen LogP contribution is -2.94. The van der Waals surface area contributed by atoms with Gasteiger partial charge in [0.05, 0.1) is 32.9 Å². The van der Waals surface area contributed by atoms with Gasteiger partial charge in [0.2, 0.25) is 0 Å². The molecule has 0 bridgehead atoms. The molecule has 1 fully saturated rings. The number of halogens is 2. The van der Waals surface area contributed by atoms with Gasteiger partial charge in [-0.15, -0.1) is 0 Å². The number of carbonyl (C=O) groups is 2. The number of Topliss-reactive ketones (excluding diaryl/α,β-unsaturated/α-hetero) is 1. The van der Waals surface area contributed by atoms with Crippen LogP contribution in [0, 0.1) is 0 Å². The second kappa shape index (κ2) is 10.9. The van der Waals surface area contributed by atoms with Gasteiger partial charge >= 0.3 is 6.09 Å². The summed E-state index contributed by atoms with van der Waals surface area (Å²) in [5, 5.41) is 16.4. The van der Waals surface area contributed by atoms with Crippen LogP contribution in [0.1, 0.15) is 63.7 Å². The fourth-order valence-electron chi connectivity index (χ4n) is 4.69. The van der Waals surface area contributed by atoms with Crippen molar-refractivity contribution in [2.75, 3.05) is 5.32 Å². The maximum absolute atomic E-state index is 12.5. The largest absolute Gasteiger partial charge is 0.513 e. The van der Waals surface area contributed by atoms with Crippen molar-refractivity contribution in [3.63, 3.8) is 0 Å². The standard InChI is InChI=1S/C28H31Cl2N3O4/c1-15(34)21-14-31-24-10-5-16(17-12-22(29)26(35)23(30)13-17)11-20(24)25(21)32-18-6-8-19(9-7-18)33-27(36)37-28(2,3)4/h5,10-14,18-19,35H,6-9H2,1-4H3,(H,31,32)(H,33,36)/p+1. The van der Waals surface area contributed by atoms with Crippen molar-refractivity contribution in [3.8, 4) is 16.9 Å². The number of amides is 1. The quantitative estimate of drug-likeness (QED) is 0.323. The van der Waals surface area contributed by atoms with E-state index >= 15 is 0 Å². The summed E-state index contributed by atoms with van der Waals surface area (Å²) in [7, 11) is 0. The summed E-state index contributed by atoms with van der Waals surface area (Å²) in [5.74, 6) is -0.236. The summed E-state index contributed by atoms with van der Waals surface area (Å²) in [6.45, 7) is 7.12. The summed E-state index contributed by atoms with van der Waals surface area (Å²) in [6.07, 6.45) is 4.76. The average Bonchev–Trinajstić information content (AvgIpc) is 2.82. The number of phenols is 1. The minimum atomic E-state index is -0.506. The molecular formula is C28H32Cl2N3O4+. The summed E-state index contributed by atoms with van der Waals surface area (Å²) in [4.78, 5) is 29.2. The molecule has 4 N–H and O–H groups in total. The Kier molecular flexibility index (Phi) is 7.97. The third-order valence-electron chi connectivity index (χ3n) is 6.50. The van der Waals surface area contributed by atoms with E-state index in [1.807, 2.05) is 39.0 Å². The first-order chi connectivity index (χ1) is 17.4. The molecule has 196 valence electrons. The minimum Gasteiger partial charge on any atom is -0.505 e. The number of primary amides is 1. The number of ether oxygens (including phenoxy) is 1. The van der Waals surface area contributed by atoms with E-state index in [2.05, 4.69) is 10.3 Å². The number of rotatable bonds is 5. The average molecular weight is 545 g/mol. The van der Waals surface area contributed by atoms with Gasteiger partial charge in [0, 0.05) is 30.5 Å². The zero-order valence-electron chi connectivity index (χ0n) is 21.4. The number of quaternary nitrogens is 1. The zero-order valence-corrected chi connectivity index (χ0v) is 22.9. The maximum Gasteiger partial charge on any atom is 0.513 e. The van der Waals surface area contributed by atoms with Crippen molar-refractivity contribution in [3.05, 3.63) is 52.1 Å². The monoisotopic (exact) mass is 544 g/mol. The molecule has 2 aromatic carbocycles. The van der Waals surface area contributed by atoms with Crippen molar-refractivity contribution in [2.24, 2.45) is 0 Å². The van der Waals surface area contributed by atoms with Crippen LogP contribution >= 0.6 is 23.2 Å². The highest BCUT2D eigenvalue weighted by molar-refractivity contribution is 6.37. The van der Waals surface area contributed by atoms with E-state index in [9.17, 15) is 14.7 Å². The van der Waals surface area contributed by atoms with Crippen molar-refractivity contribution >= 4 is 51.7 Å².